The fourth-order valence-electron chi connectivity index (χ4n) is 1.65. The van der Waals surface area contributed by atoms with E-state index in [2.05, 4.69) is 5.16 Å². The zero-order valence-electron chi connectivity index (χ0n) is 9.21. The standard InChI is InChI=1S/C10H16N4O3/c11-7(9(13)15)5-10(16)3-1-2-6(4-10)8(12)14-17/h1-3,7,16-17H,4-5,11H2,(H2,12,14)(H2,13,15)/t7-,10?/m1/s1. The molecule has 0 fully saturated rings. The molecule has 0 radical (unpaired) electrons. The maximum absolute atomic E-state index is 10.8. The molecule has 0 spiro atoms. The highest BCUT2D eigenvalue weighted by atomic mass is 16.4. The second-order valence-electron chi connectivity index (χ2n) is 4.03. The molecule has 0 aromatic heterocycles. The van der Waals surface area contributed by atoms with Crippen molar-refractivity contribution in [3.63, 3.8) is 0 Å². The van der Waals surface area contributed by atoms with E-state index < -0.39 is 17.6 Å². The van der Waals surface area contributed by atoms with Crippen LogP contribution >= 0.6 is 0 Å². The van der Waals surface area contributed by atoms with Gasteiger partial charge in [0.05, 0.1) is 11.6 Å². The molecule has 7 nitrogen and oxygen atoms in total. The minimum Gasteiger partial charge on any atom is -0.409 e. The first-order valence-electron chi connectivity index (χ1n) is 5.01. The molecule has 7 heteroatoms. The van der Waals surface area contributed by atoms with Crippen LogP contribution in [0.2, 0.25) is 0 Å². The van der Waals surface area contributed by atoms with Gasteiger partial charge in [-0.2, -0.15) is 0 Å². The maximum atomic E-state index is 10.8. The van der Waals surface area contributed by atoms with Crippen LogP contribution in [0, 0.1) is 0 Å². The Labute approximate surface area is 98.3 Å². The summed E-state index contributed by atoms with van der Waals surface area (Å²) in [6, 6.07) is -0.948. The van der Waals surface area contributed by atoms with Crippen molar-refractivity contribution in [1.29, 1.82) is 0 Å². The summed E-state index contributed by atoms with van der Waals surface area (Å²) in [5, 5.41) is 21.6. The minimum atomic E-state index is -1.31. The van der Waals surface area contributed by atoms with Crippen molar-refractivity contribution < 1.29 is 15.1 Å². The smallest absolute Gasteiger partial charge is 0.234 e. The first-order valence-corrected chi connectivity index (χ1v) is 5.01. The Bertz CT molecular complexity index is 402. The fourth-order valence-corrected chi connectivity index (χ4v) is 1.65. The highest BCUT2D eigenvalue weighted by Gasteiger charge is 2.32. The molecule has 94 valence electrons. The summed E-state index contributed by atoms with van der Waals surface area (Å²) in [4.78, 5) is 10.8. The van der Waals surface area contributed by atoms with Crippen LogP contribution in [-0.4, -0.2) is 33.7 Å². The molecule has 17 heavy (non-hydrogen) atoms. The summed E-state index contributed by atoms with van der Waals surface area (Å²) in [5.74, 6) is -0.771. The van der Waals surface area contributed by atoms with E-state index in [0.717, 1.165) is 0 Å². The number of rotatable bonds is 4. The van der Waals surface area contributed by atoms with Gasteiger partial charge in [-0.25, -0.2) is 0 Å². The lowest BCUT2D eigenvalue weighted by Gasteiger charge is -2.29. The van der Waals surface area contributed by atoms with Crippen molar-refractivity contribution in [2.45, 2.75) is 24.5 Å². The maximum Gasteiger partial charge on any atom is 0.234 e. The molecule has 2 atom stereocenters. The zero-order chi connectivity index (χ0) is 13.1. The van der Waals surface area contributed by atoms with Gasteiger partial charge >= 0.3 is 0 Å². The Morgan fingerprint density at radius 3 is 2.76 bits per heavy atom. The third kappa shape index (κ3) is 3.30. The molecule has 0 saturated heterocycles. The predicted octanol–water partition coefficient (Wildman–Crippen LogP) is -1.45. The molecule has 0 bridgehead atoms. The van der Waals surface area contributed by atoms with Crippen molar-refractivity contribution >= 4 is 11.7 Å². The number of hydrogen-bond donors (Lipinski definition) is 5. The van der Waals surface area contributed by atoms with Gasteiger partial charge in [-0.15, -0.1) is 0 Å². The van der Waals surface area contributed by atoms with E-state index in [0.29, 0.717) is 5.57 Å². The summed E-state index contributed by atoms with van der Waals surface area (Å²) < 4.78 is 0. The molecule has 0 aromatic rings. The van der Waals surface area contributed by atoms with Crippen LogP contribution in [0.1, 0.15) is 12.8 Å². The zero-order valence-corrected chi connectivity index (χ0v) is 9.21. The van der Waals surface area contributed by atoms with Gasteiger partial charge in [0.1, 0.15) is 0 Å². The van der Waals surface area contributed by atoms with E-state index in [1.165, 1.54) is 6.08 Å². The van der Waals surface area contributed by atoms with Gasteiger partial charge in [0.2, 0.25) is 5.91 Å². The quantitative estimate of drug-likeness (QED) is 0.176. The molecular formula is C10H16N4O3. The first-order chi connectivity index (χ1) is 7.88. The number of hydrogen-bond acceptors (Lipinski definition) is 5. The predicted molar refractivity (Wildman–Crippen MR) is 62.0 cm³/mol. The minimum absolute atomic E-state index is 0.0190. The molecule has 1 rings (SSSR count). The van der Waals surface area contributed by atoms with Crippen molar-refractivity contribution in [2.75, 3.05) is 0 Å². The Balaban J connectivity index is 2.79. The lowest BCUT2D eigenvalue weighted by Crippen LogP contribution is -2.44. The van der Waals surface area contributed by atoms with Gasteiger partial charge in [-0.1, -0.05) is 23.4 Å². The molecule has 1 aliphatic carbocycles. The number of nitrogens with two attached hydrogens (primary N) is 3. The van der Waals surface area contributed by atoms with Gasteiger partial charge in [-0.05, 0) is 0 Å². The van der Waals surface area contributed by atoms with Crippen molar-refractivity contribution in [2.24, 2.45) is 22.4 Å². The normalized spacial score (nSPS) is 26.5. The second kappa shape index (κ2) is 4.98. The van der Waals surface area contributed by atoms with E-state index in [1.807, 2.05) is 0 Å². The van der Waals surface area contributed by atoms with Crippen LogP contribution in [0.3, 0.4) is 0 Å². The number of aliphatic hydroxyl groups is 1. The van der Waals surface area contributed by atoms with Crippen molar-refractivity contribution in [1.82, 2.24) is 0 Å². The molecule has 0 aromatic carbocycles. The Kier molecular flexibility index (Phi) is 3.87. The first kappa shape index (κ1) is 13.2. The number of allylic oxidation sites excluding steroid dienone is 2. The van der Waals surface area contributed by atoms with Crippen LogP contribution in [0.5, 0.6) is 0 Å². The van der Waals surface area contributed by atoms with Crippen LogP contribution in [0.15, 0.2) is 29.0 Å². The molecule has 8 N–H and O–H groups in total. The van der Waals surface area contributed by atoms with Crippen LogP contribution in [0.4, 0.5) is 0 Å². The Hall–Kier alpha value is -1.86. The summed E-state index contributed by atoms with van der Waals surface area (Å²) in [5.41, 5.74) is 15.1. The van der Waals surface area contributed by atoms with Crippen molar-refractivity contribution in [3.05, 3.63) is 23.8 Å². The number of primary amides is 1. The fraction of sp³-hybridized carbons (Fsp3) is 0.400. The monoisotopic (exact) mass is 240 g/mol. The molecule has 1 aliphatic rings. The van der Waals surface area contributed by atoms with Crippen LogP contribution in [-0.2, 0) is 4.79 Å². The number of amides is 1. The molecule has 0 saturated carbocycles. The average molecular weight is 240 g/mol. The third-order valence-electron chi connectivity index (χ3n) is 2.58. The lowest BCUT2D eigenvalue weighted by molar-refractivity contribution is -0.120. The van der Waals surface area contributed by atoms with Gasteiger partial charge in [-0.3, -0.25) is 4.79 Å². The Morgan fingerprint density at radius 1 is 1.59 bits per heavy atom. The lowest BCUT2D eigenvalue weighted by atomic mass is 9.84. The highest BCUT2D eigenvalue weighted by molar-refractivity contribution is 5.97. The highest BCUT2D eigenvalue weighted by Crippen LogP contribution is 2.27. The van der Waals surface area contributed by atoms with Crippen LogP contribution in [0.25, 0.3) is 0 Å². The van der Waals surface area contributed by atoms with Gasteiger partial charge < -0.3 is 27.5 Å². The van der Waals surface area contributed by atoms with Crippen LogP contribution < -0.4 is 17.2 Å². The third-order valence-corrected chi connectivity index (χ3v) is 2.58. The van der Waals surface area contributed by atoms with Gasteiger partial charge in [0.25, 0.3) is 0 Å². The molecule has 1 amide bonds. The number of oxime groups is 1. The summed E-state index contributed by atoms with van der Waals surface area (Å²) in [6.07, 6.45) is 4.77. The van der Waals surface area contributed by atoms with E-state index in [4.69, 9.17) is 22.4 Å². The van der Waals surface area contributed by atoms with E-state index in [-0.39, 0.29) is 18.7 Å². The molecular weight excluding hydrogens is 224 g/mol. The average Bonchev–Trinajstić information content (AvgIpc) is 2.27. The van der Waals surface area contributed by atoms with E-state index in [9.17, 15) is 9.90 Å². The summed E-state index contributed by atoms with van der Waals surface area (Å²) >= 11 is 0. The number of carbonyl (C=O) groups excluding carboxylic acids is 1. The topological polar surface area (TPSA) is 148 Å². The second-order valence-corrected chi connectivity index (χ2v) is 4.03. The Morgan fingerprint density at radius 2 is 2.24 bits per heavy atom. The number of carbonyl (C=O) groups is 1. The van der Waals surface area contributed by atoms with Crippen molar-refractivity contribution in [3.8, 4) is 0 Å². The van der Waals surface area contributed by atoms with Gasteiger partial charge in [0, 0.05) is 18.4 Å². The number of nitrogens with zero attached hydrogens (tertiary/aromatic N) is 1. The van der Waals surface area contributed by atoms with Gasteiger partial charge in [0.15, 0.2) is 5.84 Å². The SMILES string of the molecule is NC(=O)[C@H](N)CC1(O)C=CC=C(C(N)=NO)C1. The largest absolute Gasteiger partial charge is 0.409 e. The van der Waals surface area contributed by atoms with E-state index >= 15 is 0 Å². The molecule has 0 heterocycles. The number of amidine groups is 1. The summed E-state index contributed by atoms with van der Waals surface area (Å²) in [7, 11) is 0. The molecule has 0 aliphatic heterocycles. The molecule has 1 unspecified atom stereocenters. The summed E-state index contributed by atoms with van der Waals surface area (Å²) in [6.45, 7) is 0. The van der Waals surface area contributed by atoms with E-state index in [1.54, 1.807) is 12.2 Å².